The van der Waals surface area contributed by atoms with Crippen LogP contribution in [0.3, 0.4) is 0 Å². The zero-order chi connectivity index (χ0) is 19.1. The van der Waals surface area contributed by atoms with Gasteiger partial charge in [0.25, 0.3) is 5.56 Å². The van der Waals surface area contributed by atoms with E-state index >= 15 is 0 Å². The fraction of sp³-hybridized carbons (Fsp3) is 0.286. The first-order valence-electron chi connectivity index (χ1n) is 8.98. The standard InChI is InChI=1S/C21H18F3NO2/c22-18-8-12(9-19(23)20(18)24)17-11-25(13-4-2-1-3-5-13)21(27)15-7-6-14(26)10-16(15)17/h6-11,13,26H,1-5H2. The lowest BCUT2D eigenvalue weighted by molar-refractivity contribution is 0.347. The highest BCUT2D eigenvalue weighted by atomic mass is 19.2. The molecule has 1 fully saturated rings. The topological polar surface area (TPSA) is 42.2 Å². The molecule has 3 nitrogen and oxygen atoms in total. The van der Waals surface area contributed by atoms with E-state index in [-0.39, 0.29) is 22.9 Å². The third-order valence-electron chi connectivity index (χ3n) is 5.29. The van der Waals surface area contributed by atoms with Crippen LogP contribution in [0.2, 0.25) is 0 Å². The van der Waals surface area contributed by atoms with Crippen LogP contribution >= 0.6 is 0 Å². The van der Waals surface area contributed by atoms with Gasteiger partial charge in [-0.2, -0.15) is 0 Å². The van der Waals surface area contributed by atoms with E-state index in [0.29, 0.717) is 16.3 Å². The minimum atomic E-state index is -1.54. The second-order valence-electron chi connectivity index (χ2n) is 7.03. The van der Waals surface area contributed by atoms with Gasteiger partial charge in [-0.25, -0.2) is 13.2 Å². The Morgan fingerprint density at radius 1 is 0.926 bits per heavy atom. The second kappa shape index (κ2) is 6.76. The van der Waals surface area contributed by atoms with Crippen molar-refractivity contribution >= 4 is 10.8 Å². The molecule has 4 rings (SSSR count). The van der Waals surface area contributed by atoms with E-state index in [1.807, 2.05) is 0 Å². The number of fused-ring (bicyclic) bond motifs is 1. The minimum Gasteiger partial charge on any atom is -0.508 e. The number of aromatic hydroxyl groups is 1. The second-order valence-corrected chi connectivity index (χ2v) is 7.03. The van der Waals surface area contributed by atoms with Crippen molar-refractivity contribution in [2.24, 2.45) is 0 Å². The van der Waals surface area contributed by atoms with Gasteiger partial charge in [-0.1, -0.05) is 19.3 Å². The number of nitrogens with zero attached hydrogens (tertiary/aromatic N) is 1. The van der Waals surface area contributed by atoms with Gasteiger partial charge in [0.1, 0.15) is 5.75 Å². The summed E-state index contributed by atoms with van der Waals surface area (Å²) in [5.41, 5.74) is 0.291. The molecule has 1 N–H and O–H groups in total. The van der Waals surface area contributed by atoms with Crippen molar-refractivity contribution in [1.29, 1.82) is 0 Å². The van der Waals surface area contributed by atoms with Gasteiger partial charge in [0.2, 0.25) is 0 Å². The van der Waals surface area contributed by atoms with Crippen molar-refractivity contribution in [1.82, 2.24) is 4.57 Å². The molecule has 3 aromatic rings. The fourth-order valence-electron chi connectivity index (χ4n) is 3.92. The lowest BCUT2D eigenvalue weighted by atomic mass is 9.94. The molecule has 6 heteroatoms. The molecule has 2 aromatic carbocycles. The van der Waals surface area contributed by atoms with Crippen molar-refractivity contribution in [2.45, 2.75) is 38.1 Å². The number of aromatic nitrogens is 1. The lowest BCUT2D eigenvalue weighted by Crippen LogP contribution is -2.26. The Morgan fingerprint density at radius 3 is 2.26 bits per heavy atom. The summed E-state index contributed by atoms with van der Waals surface area (Å²) in [7, 11) is 0. The Labute approximate surface area is 153 Å². The van der Waals surface area contributed by atoms with Crippen LogP contribution in [-0.4, -0.2) is 9.67 Å². The average molecular weight is 373 g/mol. The van der Waals surface area contributed by atoms with Gasteiger partial charge in [0.05, 0.1) is 0 Å². The van der Waals surface area contributed by atoms with Crippen LogP contribution in [0.25, 0.3) is 21.9 Å². The molecular formula is C21H18F3NO2. The van der Waals surface area contributed by atoms with Gasteiger partial charge in [-0.05, 0) is 48.7 Å². The maximum absolute atomic E-state index is 13.8. The van der Waals surface area contributed by atoms with Crippen LogP contribution < -0.4 is 5.56 Å². The average Bonchev–Trinajstić information content (AvgIpc) is 2.66. The number of hydrogen-bond donors (Lipinski definition) is 1. The van der Waals surface area contributed by atoms with Crippen LogP contribution in [0.4, 0.5) is 13.2 Å². The van der Waals surface area contributed by atoms with Gasteiger partial charge in [0.15, 0.2) is 17.5 Å². The molecule has 0 amide bonds. The normalized spacial score (nSPS) is 15.4. The summed E-state index contributed by atoms with van der Waals surface area (Å²) in [6.45, 7) is 0. The molecule has 140 valence electrons. The van der Waals surface area contributed by atoms with Crippen LogP contribution in [0, 0.1) is 17.5 Å². The zero-order valence-electron chi connectivity index (χ0n) is 14.5. The smallest absolute Gasteiger partial charge is 0.258 e. The molecule has 0 radical (unpaired) electrons. The predicted molar refractivity (Wildman–Crippen MR) is 97.3 cm³/mol. The maximum Gasteiger partial charge on any atom is 0.258 e. The van der Waals surface area contributed by atoms with E-state index in [0.717, 1.165) is 44.2 Å². The third kappa shape index (κ3) is 3.09. The van der Waals surface area contributed by atoms with Gasteiger partial charge >= 0.3 is 0 Å². The number of benzene rings is 2. The fourth-order valence-corrected chi connectivity index (χ4v) is 3.92. The summed E-state index contributed by atoms with van der Waals surface area (Å²) >= 11 is 0. The molecule has 1 aromatic heterocycles. The van der Waals surface area contributed by atoms with Crippen molar-refractivity contribution in [3.63, 3.8) is 0 Å². The number of phenolic OH excluding ortho intramolecular Hbond substituents is 1. The molecule has 1 aliphatic rings. The summed E-state index contributed by atoms with van der Waals surface area (Å²) in [6, 6.07) is 6.13. The summed E-state index contributed by atoms with van der Waals surface area (Å²) in [4.78, 5) is 13.0. The van der Waals surface area contributed by atoms with E-state index < -0.39 is 17.5 Å². The quantitative estimate of drug-likeness (QED) is 0.620. The zero-order valence-corrected chi connectivity index (χ0v) is 14.5. The van der Waals surface area contributed by atoms with Crippen molar-refractivity contribution in [2.75, 3.05) is 0 Å². The monoisotopic (exact) mass is 373 g/mol. The summed E-state index contributed by atoms with van der Waals surface area (Å²) in [5.74, 6) is -4.20. The molecule has 0 aliphatic heterocycles. The molecule has 27 heavy (non-hydrogen) atoms. The molecule has 1 heterocycles. The maximum atomic E-state index is 13.8. The van der Waals surface area contributed by atoms with E-state index in [1.54, 1.807) is 10.8 Å². The molecule has 1 aliphatic carbocycles. The largest absolute Gasteiger partial charge is 0.508 e. The highest BCUT2D eigenvalue weighted by Gasteiger charge is 2.21. The Kier molecular flexibility index (Phi) is 4.42. The Morgan fingerprint density at radius 2 is 1.59 bits per heavy atom. The Hall–Kier alpha value is -2.76. The highest BCUT2D eigenvalue weighted by molar-refractivity contribution is 5.96. The van der Waals surface area contributed by atoms with Crippen LogP contribution in [0.15, 0.2) is 41.3 Å². The number of hydrogen-bond acceptors (Lipinski definition) is 2. The Balaban J connectivity index is 2.02. The molecule has 1 saturated carbocycles. The summed E-state index contributed by atoms with van der Waals surface area (Å²) < 4.78 is 42.6. The van der Waals surface area contributed by atoms with Crippen molar-refractivity contribution in [3.8, 4) is 16.9 Å². The van der Waals surface area contributed by atoms with Gasteiger partial charge < -0.3 is 9.67 Å². The molecule has 0 atom stereocenters. The predicted octanol–water partition coefficient (Wildman–Crippen LogP) is 5.30. The lowest BCUT2D eigenvalue weighted by Gasteiger charge is -2.25. The third-order valence-corrected chi connectivity index (χ3v) is 5.29. The first-order chi connectivity index (χ1) is 13.0. The molecule has 0 spiro atoms. The molecule has 0 unspecified atom stereocenters. The number of halogens is 3. The van der Waals surface area contributed by atoms with Gasteiger partial charge in [-0.15, -0.1) is 0 Å². The molecule has 0 bridgehead atoms. The van der Waals surface area contributed by atoms with Gasteiger partial charge in [-0.3, -0.25) is 4.79 Å². The van der Waals surface area contributed by atoms with Crippen LogP contribution in [0.1, 0.15) is 38.1 Å². The molecular weight excluding hydrogens is 355 g/mol. The van der Waals surface area contributed by atoms with E-state index in [2.05, 4.69) is 0 Å². The summed E-state index contributed by atoms with van der Waals surface area (Å²) in [5, 5.41) is 10.6. The van der Waals surface area contributed by atoms with Crippen LogP contribution in [0.5, 0.6) is 5.75 Å². The first-order valence-corrected chi connectivity index (χ1v) is 8.98. The van der Waals surface area contributed by atoms with E-state index in [1.165, 1.54) is 18.2 Å². The van der Waals surface area contributed by atoms with Crippen LogP contribution in [-0.2, 0) is 0 Å². The molecule has 0 saturated heterocycles. The number of phenols is 1. The van der Waals surface area contributed by atoms with Gasteiger partial charge in [0, 0.05) is 28.6 Å². The summed E-state index contributed by atoms with van der Waals surface area (Å²) in [6.07, 6.45) is 6.43. The Bertz CT molecular complexity index is 1060. The van der Waals surface area contributed by atoms with E-state index in [4.69, 9.17) is 0 Å². The van der Waals surface area contributed by atoms with Crippen molar-refractivity contribution < 1.29 is 18.3 Å². The highest BCUT2D eigenvalue weighted by Crippen LogP contribution is 2.34. The first kappa shape index (κ1) is 17.6. The van der Waals surface area contributed by atoms with E-state index in [9.17, 15) is 23.1 Å². The number of rotatable bonds is 2. The number of pyridine rings is 1. The SMILES string of the molecule is O=c1c2ccc(O)cc2c(-c2cc(F)c(F)c(F)c2)cn1C1CCCCC1. The van der Waals surface area contributed by atoms with Crippen molar-refractivity contribution in [3.05, 3.63) is 64.3 Å². The minimum absolute atomic E-state index is 0.0124.